The summed E-state index contributed by atoms with van der Waals surface area (Å²) in [5, 5.41) is 6.07. The molecule has 4 rings (SSSR count). The number of rotatable bonds is 9. The Labute approximate surface area is 263 Å². The first-order chi connectivity index (χ1) is 20.3. The van der Waals surface area contributed by atoms with Crippen LogP contribution >= 0.6 is 46.4 Å². The van der Waals surface area contributed by atoms with E-state index in [4.69, 9.17) is 55.9 Å². The van der Waals surface area contributed by atoms with Crippen LogP contribution in [0.2, 0.25) is 20.1 Å². The average molecular weight is 667 g/mol. The van der Waals surface area contributed by atoms with Gasteiger partial charge < -0.3 is 20.1 Å². The number of esters is 2. The van der Waals surface area contributed by atoms with Crippen molar-refractivity contribution < 1.29 is 38.2 Å². The van der Waals surface area contributed by atoms with Crippen LogP contribution in [-0.2, 0) is 23.9 Å². The van der Waals surface area contributed by atoms with E-state index in [9.17, 15) is 28.8 Å². The normalized spacial score (nSPS) is 12.8. The molecule has 0 aliphatic carbocycles. The van der Waals surface area contributed by atoms with Gasteiger partial charge in [0, 0.05) is 31.5 Å². The van der Waals surface area contributed by atoms with Crippen molar-refractivity contribution in [1.29, 1.82) is 0 Å². The van der Waals surface area contributed by atoms with Gasteiger partial charge in [-0.1, -0.05) is 46.4 Å². The highest BCUT2D eigenvalue weighted by Gasteiger charge is 2.42. The Hall–Kier alpha value is -4.16. The fourth-order valence-corrected chi connectivity index (χ4v) is 5.01. The molecule has 0 spiro atoms. The molecule has 0 saturated carbocycles. The molecule has 1 atom stereocenters. The maximum atomic E-state index is 13.1. The van der Waals surface area contributed by atoms with Crippen molar-refractivity contribution in [1.82, 2.24) is 4.90 Å². The highest BCUT2D eigenvalue weighted by Crippen LogP contribution is 2.27. The van der Waals surface area contributed by atoms with Crippen LogP contribution in [0.5, 0.6) is 0 Å². The Morgan fingerprint density at radius 3 is 1.67 bits per heavy atom. The first-order valence-corrected chi connectivity index (χ1v) is 13.7. The van der Waals surface area contributed by atoms with Gasteiger partial charge in [0.25, 0.3) is 23.6 Å². The standard InChI is InChI=1S/C28H19Cl4N3O8/c1-13(27(40)42-11-23(36)33-19-7-15(29)5-16(30)8-19)35-25(38)21-3-2-14(4-22(21)26(35)39)28(41)43-12-24(37)34-20-9-17(31)6-18(32)10-20/h2-10,13H,11-12H2,1H3,(H,33,36)(H,34,37). The molecule has 11 nitrogen and oxygen atoms in total. The Bertz CT molecular complexity index is 1640. The van der Waals surface area contributed by atoms with E-state index in [1.807, 2.05) is 0 Å². The van der Waals surface area contributed by atoms with E-state index in [2.05, 4.69) is 10.6 Å². The average Bonchev–Trinajstić information content (AvgIpc) is 3.17. The number of benzene rings is 3. The lowest BCUT2D eigenvalue weighted by Gasteiger charge is -2.20. The van der Waals surface area contributed by atoms with E-state index in [1.54, 1.807) is 0 Å². The summed E-state index contributed by atoms with van der Waals surface area (Å²) in [5.74, 6) is -5.03. The number of nitrogens with one attached hydrogen (secondary N) is 2. The lowest BCUT2D eigenvalue weighted by Crippen LogP contribution is -2.44. The fraction of sp³-hybridized carbons (Fsp3) is 0.143. The number of carbonyl (C=O) groups excluding carboxylic acids is 6. The third-order valence-electron chi connectivity index (χ3n) is 5.85. The first kappa shape index (κ1) is 31.8. The van der Waals surface area contributed by atoms with Gasteiger partial charge in [0.05, 0.1) is 16.7 Å². The molecule has 3 aromatic rings. The molecule has 0 radical (unpaired) electrons. The number of nitrogens with zero attached hydrogens (tertiary/aromatic N) is 1. The zero-order valence-electron chi connectivity index (χ0n) is 21.9. The van der Waals surface area contributed by atoms with Crippen LogP contribution in [0.3, 0.4) is 0 Å². The van der Waals surface area contributed by atoms with Crippen LogP contribution in [0.1, 0.15) is 38.0 Å². The van der Waals surface area contributed by atoms with Crippen molar-refractivity contribution in [2.75, 3.05) is 23.8 Å². The van der Waals surface area contributed by atoms with Crippen LogP contribution in [0.15, 0.2) is 54.6 Å². The summed E-state index contributed by atoms with van der Waals surface area (Å²) in [7, 11) is 0. The maximum absolute atomic E-state index is 13.1. The van der Waals surface area contributed by atoms with Crippen molar-refractivity contribution in [2.45, 2.75) is 13.0 Å². The smallest absolute Gasteiger partial charge is 0.338 e. The lowest BCUT2D eigenvalue weighted by atomic mass is 10.1. The molecule has 1 unspecified atom stereocenters. The summed E-state index contributed by atoms with van der Waals surface area (Å²) in [6.07, 6.45) is 0. The summed E-state index contributed by atoms with van der Waals surface area (Å²) < 4.78 is 10.0. The third kappa shape index (κ3) is 7.82. The van der Waals surface area contributed by atoms with Gasteiger partial charge in [-0.25, -0.2) is 9.59 Å². The van der Waals surface area contributed by atoms with Crippen LogP contribution < -0.4 is 10.6 Å². The predicted molar refractivity (Wildman–Crippen MR) is 158 cm³/mol. The van der Waals surface area contributed by atoms with Crippen LogP contribution in [0.4, 0.5) is 11.4 Å². The van der Waals surface area contributed by atoms with Crippen molar-refractivity contribution in [3.63, 3.8) is 0 Å². The molecule has 0 aromatic heterocycles. The molecule has 2 N–H and O–H groups in total. The predicted octanol–water partition coefficient (Wildman–Crippen LogP) is 5.26. The molecule has 4 amide bonds. The molecule has 1 aliphatic rings. The Kier molecular flexibility index (Phi) is 9.92. The number of ether oxygens (including phenoxy) is 2. The zero-order chi connectivity index (χ0) is 31.4. The largest absolute Gasteiger partial charge is 0.454 e. The quantitative estimate of drug-likeness (QED) is 0.232. The minimum Gasteiger partial charge on any atom is -0.454 e. The number of anilines is 2. The van der Waals surface area contributed by atoms with Crippen LogP contribution in [0, 0.1) is 0 Å². The van der Waals surface area contributed by atoms with Gasteiger partial charge in [0.1, 0.15) is 6.04 Å². The van der Waals surface area contributed by atoms with Crippen molar-refractivity contribution >= 4 is 93.3 Å². The Balaban J connectivity index is 1.34. The topological polar surface area (TPSA) is 148 Å². The number of halogens is 4. The molecule has 0 fully saturated rings. The lowest BCUT2D eigenvalue weighted by molar-refractivity contribution is -0.150. The second kappa shape index (κ2) is 13.4. The maximum Gasteiger partial charge on any atom is 0.338 e. The molecular weight excluding hydrogens is 648 g/mol. The van der Waals surface area contributed by atoms with Gasteiger partial charge in [-0.15, -0.1) is 0 Å². The highest BCUT2D eigenvalue weighted by molar-refractivity contribution is 6.35. The van der Waals surface area contributed by atoms with Crippen molar-refractivity contribution in [2.24, 2.45) is 0 Å². The number of hydrogen-bond donors (Lipinski definition) is 2. The molecule has 43 heavy (non-hydrogen) atoms. The summed E-state index contributed by atoms with van der Waals surface area (Å²) in [5.41, 5.74) is 0.223. The fourth-order valence-electron chi connectivity index (χ4n) is 3.96. The molecule has 3 aromatic carbocycles. The number of carbonyl (C=O) groups is 6. The van der Waals surface area contributed by atoms with Crippen molar-refractivity contribution in [3.8, 4) is 0 Å². The van der Waals surface area contributed by atoms with E-state index in [1.165, 1.54) is 55.5 Å². The van der Waals surface area contributed by atoms with E-state index in [-0.39, 0.29) is 32.4 Å². The second-order valence-corrected chi connectivity index (χ2v) is 10.8. The molecule has 1 aliphatic heterocycles. The van der Waals surface area contributed by atoms with Gasteiger partial charge in [-0.05, 0) is 61.5 Å². The van der Waals surface area contributed by atoms with Gasteiger partial charge in [-0.2, -0.15) is 0 Å². The summed E-state index contributed by atoms with van der Waals surface area (Å²) in [6, 6.07) is 10.9. The first-order valence-electron chi connectivity index (χ1n) is 12.2. The summed E-state index contributed by atoms with van der Waals surface area (Å²) in [6.45, 7) is -0.135. The number of amides is 4. The van der Waals surface area contributed by atoms with Crippen LogP contribution in [-0.4, -0.2) is 59.7 Å². The Morgan fingerprint density at radius 2 is 1.16 bits per heavy atom. The molecule has 222 valence electrons. The molecule has 0 saturated heterocycles. The van der Waals surface area contributed by atoms with Crippen LogP contribution in [0.25, 0.3) is 0 Å². The Morgan fingerprint density at radius 1 is 0.698 bits per heavy atom. The molecule has 1 heterocycles. The molecular formula is C28H19Cl4N3O8. The van der Waals surface area contributed by atoms with E-state index < -0.39 is 54.8 Å². The third-order valence-corrected chi connectivity index (χ3v) is 6.73. The van der Waals surface area contributed by atoms with Gasteiger partial charge in [0.15, 0.2) is 13.2 Å². The second-order valence-electron chi connectivity index (χ2n) is 9.01. The van der Waals surface area contributed by atoms with E-state index in [0.29, 0.717) is 20.6 Å². The van der Waals surface area contributed by atoms with Gasteiger partial charge >= 0.3 is 11.9 Å². The summed E-state index contributed by atoms with van der Waals surface area (Å²) in [4.78, 5) is 76.2. The van der Waals surface area contributed by atoms with Gasteiger partial charge in [-0.3, -0.25) is 24.1 Å². The molecule has 0 bridgehead atoms. The summed E-state index contributed by atoms with van der Waals surface area (Å²) >= 11 is 23.6. The van der Waals surface area contributed by atoms with E-state index >= 15 is 0 Å². The monoisotopic (exact) mass is 665 g/mol. The number of hydrogen-bond acceptors (Lipinski definition) is 8. The van der Waals surface area contributed by atoms with E-state index in [0.717, 1.165) is 6.07 Å². The minimum atomic E-state index is -1.40. The van der Waals surface area contributed by atoms with Crippen molar-refractivity contribution in [3.05, 3.63) is 91.4 Å². The SMILES string of the molecule is CC(C(=O)OCC(=O)Nc1cc(Cl)cc(Cl)c1)N1C(=O)c2ccc(C(=O)OCC(=O)Nc3cc(Cl)cc(Cl)c3)cc2C1=O. The molecule has 15 heteroatoms. The number of fused-ring (bicyclic) bond motifs is 1. The highest BCUT2D eigenvalue weighted by atomic mass is 35.5. The zero-order valence-corrected chi connectivity index (χ0v) is 24.9. The number of imide groups is 1. The minimum absolute atomic E-state index is 0.0626. The van der Waals surface area contributed by atoms with Gasteiger partial charge in [0.2, 0.25) is 0 Å².